The number of anilines is 1. The first-order valence-electron chi connectivity index (χ1n) is 9.12. The number of aromatic nitrogens is 3. The number of hydrogen-bond acceptors (Lipinski definition) is 3. The van der Waals surface area contributed by atoms with Crippen molar-refractivity contribution in [1.29, 1.82) is 0 Å². The molecule has 0 aliphatic rings. The molecule has 136 valence electrons. The summed E-state index contributed by atoms with van der Waals surface area (Å²) in [6.07, 6.45) is 1.04. The second kappa shape index (κ2) is 6.83. The van der Waals surface area contributed by atoms with Crippen LogP contribution in [0.2, 0.25) is 0 Å². The molecule has 0 bridgehead atoms. The van der Waals surface area contributed by atoms with E-state index in [1.807, 2.05) is 67.8 Å². The molecule has 2 heterocycles. The number of aryl methyl sites for hydroxylation is 3. The van der Waals surface area contributed by atoms with E-state index in [1.165, 1.54) is 0 Å². The summed E-state index contributed by atoms with van der Waals surface area (Å²) in [7, 11) is 0. The van der Waals surface area contributed by atoms with E-state index in [1.54, 1.807) is 0 Å². The maximum atomic E-state index is 12.5. The van der Waals surface area contributed by atoms with Gasteiger partial charge in [-0.1, -0.05) is 30.3 Å². The number of rotatable bonds is 4. The van der Waals surface area contributed by atoms with Crippen LogP contribution < -0.4 is 5.32 Å². The van der Waals surface area contributed by atoms with E-state index in [0.29, 0.717) is 12.8 Å². The summed E-state index contributed by atoms with van der Waals surface area (Å²) in [5.41, 5.74) is 5.70. The average Bonchev–Trinajstić information content (AvgIpc) is 3.02. The van der Waals surface area contributed by atoms with Crippen molar-refractivity contribution in [2.24, 2.45) is 0 Å². The lowest BCUT2D eigenvalue weighted by molar-refractivity contribution is -0.116. The van der Waals surface area contributed by atoms with Crippen LogP contribution in [0.3, 0.4) is 0 Å². The standard InChI is InChI=1S/C22H22N4O/c1-14-12-21-23-15(2)20(16(3)26(21)25-14)10-11-22(27)24-19-9-8-17-6-4-5-7-18(17)13-19/h4-9,12-13H,10-11H2,1-3H3,(H,24,27). The molecular formula is C22H22N4O. The van der Waals surface area contributed by atoms with Gasteiger partial charge in [0, 0.05) is 29.6 Å². The normalized spacial score (nSPS) is 11.2. The van der Waals surface area contributed by atoms with Gasteiger partial charge in [-0.25, -0.2) is 9.50 Å². The monoisotopic (exact) mass is 358 g/mol. The Morgan fingerprint density at radius 1 is 1.04 bits per heavy atom. The molecule has 0 aliphatic carbocycles. The van der Waals surface area contributed by atoms with Gasteiger partial charge in [-0.3, -0.25) is 4.79 Å². The smallest absolute Gasteiger partial charge is 0.224 e. The molecule has 5 heteroatoms. The molecule has 1 N–H and O–H groups in total. The van der Waals surface area contributed by atoms with Gasteiger partial charge >= 0.3 is 0 Å². The maximum absolute atomic E-state index is 12.5. The van der Waals surface area contributed by atoms with E-state index in [-0.39, 0.29) is 5.91 Å². The molecule has 0 spiro atoms. The number of benzene rings is 2. The van der Waals surface area contributed by atoms with E-state index in [9.17, 15) is 4.79 Å². The Bertz CT molecular complexity index is 1160. The molecule has 0 saturated carbocycles. The first-order valence-corrected chi connectivity index (χ1v) is 9.12. The molecule has 27 heavy (non-hydrogen) atoms. The van der Waals surface area contributed by atoms with Crippen molar-refractivity contribution in [3.8, 4) is 0 Å². The molecule has 0 unspecified atom stereocenters. The number of hydrogen-bond donors (Lipinski definition) is 1. The number of carbonyl (C=O) groups is 1. The van der Waals surface area contributed by atoms with E-state index in [2.05, 4.69) is 21.5 Å². The second-order valence-corrected chi connectivity index (χ2v) is 6.93. The molecule has 2 aromatic heterocycles. The Labute approximate surface area is 158 Å². The molecule has 0 fully saturated rings. The first kappa shape index (κ1) is 17.2. The number of nitrogens with zero attached hydrogens (tertiary/aromatic N) is 3. The zero-order valence-electron chi connectivity index (χ0n) is 15.8. The quantitative estimate of drug-likeness (QED) is 0.589. The van der Waals surface area contributed by atoms with Gasteiger partial charge in [0.2, 0.25) is 5.91 Å². The Kier molecular flexibility index (Phi) is 4.36. The van der Waals surface area contributed by atoms with Crippen LogP contribution in [0, 0.1) is 20.8 Å². The number of amides is 1. The van der Waals surface area contributed by atoms with E-state index in [0.717, 1.165) is 44.8 Å². The minimum atomic E-state index is 0.000763. The Morgan fingerprint density at radius 2 is 1.81 bits per heavy atom. The van der Waals surface area contributed by atoms with Gasteiger partial charge in [-0.15, -0.1) is 0 Å². The summed E-state index contributed by atoms with van der Waals surface area (Å²) in [4.78, 5) is 17.1. The van der Waals surface area contributed by atoms with Crippen LogP contribution in [0.1, 0.15) is 29.1 Å². The van der Waals surface area contributed by atoms with Gasteiger partial charge in [0.1, 0.15) is 0 Å². The third kappa shape index (κ3) is 3.40. The maximum Gasteiger partial charge on any atom is 0.224 e. The van der Waals surface area contributed by atoms with E-state index >= 15 is 0 Å². The number of fused-ring (bicyclic) bond motifs is 2. The van der Waals surface area contributed by atoms with Crippen LogP contribution in [0.15, 0.2) is 48.5 Å². The Balaban J connectivity index is 1.49. The fourth-order valence-corrected chi connectivity index (χ4v) is 3.53. The van der Waals surface area contributed by atoms with Crippen LogP contribution in [0.25, 0.3) is 16.4 Å². The van der Waals surface area contributed by atoms with Crippen LogP contribution in [-0.2, 0) is 11.2 Å². The lowest BCUT2D eigenvalue weighted by atomic mass is 10.1. The van der Waals surface area contributed by atoms with Crippen molar-refractivity contribution in [1.82, 2.24) is 14.6 Å². The number of carbonyl (C=O) groups excluding carboxylic acids is 1. The zero-order valence-corrected chi connectivity index (χ0v) is 15.8. The molecule has 4 aromatic rings. The van der Waals surface area contributed by atoms with Gasteiger partial charge < -0.3 is 5.32 Å². The second-order valence-electron chi connectivity index (χ2n) is 6.93. The Morgan fingerprint density at radius 3 is 2.63 bits per heavy atom. The highest BCUT2D eigenvalue weighted by molar-refractivity contribution is 5.94. The summed E-state index contributed by atoms with van der Waals surface area (Å²) >= 11 is 0. The molecule has 1 amide bonds. The van der Waals surface area contributed by atoms with Crippen LogP contribution in [0.5, 0.6) is 0 Å². The van der Waals surface area contributed by atoms with Crippen molar-refractivity contribution in [3.05, 3.63) is 71.2 Å². The highest BCUT2D eigenvalue weighted by Gasteiger charge is 2.13. The molecule has 0 saturated heterocycles. The van der Waals surface area contributed by atoms with Crippen LogP contribution >= 0.6 is 0 Å². The largest absolute Gasteiger partial charge is 0.326 e. The molecule has 0 atom stereocenters. The SMILES string of the molecule is Cc1cc2nc(C)c(CCC(=O)Nc3ccc4ccccc4c3)c(C)n2n1. The fraction of sp³-hybridized carbons (Fsp3) is 0.227. The average molecular weight is 358 g/mol. The first-order chi connectivity index (χ1) is 13.0. The van der Waals surface area contributed by atoms with Crippen molar-refractivity contribution in [2.45, 2.75) is 33.6 Å². The zero-order chi connectivity index (χ0) is 19.0. The third-order valence-electron chi connectivity index (χ3n) is 4.92. The summed E-state index contributed by atoms with van der Waals surface area (Å²) in [5.74, 6) is 0.000763. The minimum Gasteiger partial charge on any atom is -0.326 e. The molecule has 5 nitrogen and oxygen atoms in total. The van der Waals surface area contributed by atoms with E-state index in [4.69, 9.17) is 0 Å². The predicted molar refractivity (Wildman–Crippen MR) is 108 cm³/mol. The highest BCUT2D eigenvalue weighted by Crippen LogP contribution is 2.20. The van der Waals surface area contributed by atoms with Gasteiger partial charge in [0.25, 0.3) is 0 Å². The van der Waals surface area contributed by atoms with Gasteiger partial charge in [-0.2, -0.15) is 5.10 Å². The van der Waals surface area contributed by atoms with Crippen molar-refractivity contribution in [2.75, 3.05) is 5.32 Å². The lowest BCUT2D eigenvalue weighted by Gasteiger charge is -2.11. The van der Waals surface area contributed by atoms with Gasteiger partial charge in [0.15, 0.2) is 5.65 Å². The van der Waals surface area contributed by atoms with Gasteiger partial charge in [0.05, 0.1) is 5.69 Å². The molecule has 2 aromatic carbocycles. The van der Waals surface area contributed by atoms with E-state index < -0.39 is 0 Å². The molecule has 0 aliphatic heterocycles. The summed E-state index contributed by atoms with van der Waals surface area (Å²) < 4.78 is 1.86. The van der Waals surface area contributed by atoms with Crippen LogP contribution in [0.4, 0.5) is 5.69 Å². The summed E-state index contributed by atoms with van der Waals surface area (Å²) in [5, 5.41) is 9.77. The van der Waals surface area contributed by atoms with Crippen molar-refractivity contribution >= 4 is 28.0 Å². The lowest BCUT2D eigenvalue weighted by Crippen LogP contribution is -2.14. The summed E-state index contributed by atoms with van der Waals surface area (Å²) in [6.45, 7) is 5.98. The summed E-state index contributed by atoms with van der Waals surface area (Å²) in [6, 6.07) is 16.1. The Hall–Kier alpha value is -3.21. The molecular weight excluding hydrogens is 336 g/mol. The number of nitrogens with one attached hydrogen (secondary N) is 1. The minimum absolute atomic E-state index is 0.000763. The third-order valence-corrected chi connectivity index (χ3v) is 4.92. The fourth-order valence-electron chi connectivity index (χ4n) is 3.53. The topological polar surface area (TPSA) is 59.3 Å². The van der Waals surface area contributed by atoms with Crippen LogP contribution in [-0.4, -0.2) is 20.5 Å². The van der Waals surface area contributed by atoms with Crippen molar-refractivity contribution < 1.29 is 4.79 Å². The molecule has 4 rings (SSSR count). The molecule has 0 radical (unpaired) electrons. The van der Waals surface area contributed by atoms with Gasteiger partial charge in [-0.05, 0) is 55.7 Å². The highest BCUT2D eigenvalue weighted by atomic mass is 16.1. The predicted octanol–water partition coefficient (Wildman–Crippen LogP) is 4.38. The van der Waals surface area contributed by atoms with Crippen molar-refractivity contribution in [3.63, 3.8) is 0 Å².